The third-order valence-electron chi connectivity index (χ3n) is 4.18. The van der Waals surface area contributed by atoms with E-state index in [-0.39, 0.29) is 6.17 Å². The standard InChI is InChI=1S/C17H21N3O/c1-3-16(18)15-10-20-17-14(15)8-12(9-19-17)11-5-4-6-13(7-11)21-2/h3-7,9-10,14,17,19-20H,8,18H2,1-2H3. The smallest absolute Gasteiger partial charge is 0.119 e. The van der Waals surface area contributed by atoms with Gasteiger partial charge in [-0.05, 0) is 42.2 Å². The van der Waals surface area contributed by atoms with Crippen LogP contribution in [-0.2, 0) is 0 Å². The Kier molecular flexibility index (Phi) is 3.60. The third kappa shape index (κ3) is 2.49. The highest BCUT2D eigenvalue weighted by molar-refractivity contribution is 5.68. The SMILES string of the molecule is CC=C(N)C1=CNC2NC=C(c3cccc(OC)c3)CC12. The van der Waals surface area contributed by atoms with Gasteiger partial charge in [-0.15, -0.1) is 0 Å². The molecule has 21 heavy (non-hydrogen) atoms. The summed E-state index contributed by atoms with van der Waals surface area (Å²) in [6.07, 6.45) is 7.26. The van der Waals surface area contributed by atoms with Crippen LogP contribution in [0.5, 0.6) is 5.75 Å². The van der Waals surface area contributed by atoms with Gasteiger partial charge in [0.05, 0.1) is 7.11 Å². The van der Waals surface area contributed by atoms with Crippen molar-refractivity contribution < 1.29 is 4.74 Å². The number of methoxy groups -OCH3 is 1. The van der Waals surface area contributed by atoms with Gasteiger partial charge in [-0.2, -0.15) is 0 Å². The van der Waals surface area contributed by atoms with Crippen molar-refractivity contribution in [1.82, 2.24) is 10.6 Å². The highest BCUT2D eigenvalue weighted by atomic mass is 16.5. The zero-order valence-electron chi connectivity index (χ0n) is 12.4. The lowest BCUT2D eigenvalue weighted by atomic mass is 9.85. The van der Waals surface area contributed by atoms with Crippen molar-refractivity contribution in [1.29, 1.82) is 0 Å². The molecule has 0 aromatic heterocycles. The van der Waals surface area contributed by atoms with Crippen molar-refractivity contribution >= 4 is 5.57 Å². The average Bonchev–Trinajstić information content (AvgIpc) is 2.97. The van der Waals surface area contributed by atoms with Gasteiger partial charge < -0.3 is 21.1 Å². The molecule has 2 aliphatic heterocycles. The highest BCUT2D eigenvalue weighted by Crippen LogP contribution is 2.36. The number of ether oxygens (including phenoxy) is 1. The predicted octanol–water partition coefficient (Wildman–Crippen LogP) is 2.32. The molecule has 0 spiro atoms. The molecule has 2 aliphatic rings. The first-order valence-electron chi connectivity index (χ1n) is 7.20. The van der Waals surface area contributed by atoms with Gasteiger partial charge in [0.2, 0.25) is 0 Å². The van der Waals surface area contributed by atoms with Crippen LogP contribution in [0.3, 0.4) is 0 Å². The van der Waals surface area contributed by atoms with Gasteiger partial charge in [0.1, 0.15) is 11.9 Å². The Labute approximate surface area is 125 Å². The van der Waals surface area contributed by atoms with Crippen LogP contribution in [0, 0.1) is 5.92 Å². The van der Waals surface area contributed by atoms with Gasteiger partial charge in [0, 0.05) is 24.0 Å². The first-order valence-corrected chi connectivity index (χ1v) is 7.20. The van der Waals surface area contributed by atoms with Crippen molar-refractivity contribution in [2.75, 3.05) is 7.11 Å². The summed E-state index contributed by atoms with van der Waals surface area (Å²) >= 11 is 0. The monoisotopic (exact) mass is 283 g/mol. The molecular weight excluding hydrogens is 262 g/mol. The van der Waals surface area contributed by atoms with Gasteiger partial charge in [0.25, 0.3) is 0 Å². The lowest BCUT2D eigenvalue weighted by molar-refractivity contribution is 0.413. The number of hydrogen-bond acceptors (Lipinski definition) is 4. The number of benzene rings is 1. The summed E-state index contributed by atoms with van der Waals surface area (Å²) in [5.41, 5.74) is 10.6. The van der Waals surface area contributed by atoms with E-state index in [1.54, 1.807) is 7.11 Å². The second-order valence-corrected chi connectivity index (χ2v) is 5.37. The Bertz CT molecular complexity index is 631. The molecule has 3 rings (SSSR count). The van der Waals surface area contributed by atoms with Gasteiger partial charge in [-0.1, -0.05) is 18.2 Å². The topological polar surface area (TPSA) is 59.3 Å². The van der Waals surface area contributed by atoms with Crippen molar-refractivity contribution in [2.45, 2.75) is 19.5 Å². The van der Waals surface area contributed by atoms with E-state index in [1.807, 2.05) is 31.3 Å². The molecule has 1 aromatic carbocycles. The van der Waals surface area contributed by atoms with Crippen molar-refractivity contribution in [3.8, 4) is 5.75 Å². The molecule has 4 nitrogen and oxygen atoms in total. The summed E-state index contributed by atoms with van der Waals surface area (Å²) in [5.74, 6) is 1.23. The van der Waals surface area contributed by atoms with Gasteiger partial charge in [-0.25, -0.2) is 0 Å². The molecule has 0 fully saturated rings. The largest absolute Gasteiger partial charge is 0.497 e. The number of nitrogens with two attached hydrogens (primary N) is 1. The number of hydrogen-bond donors (Lipinski definition) is 3. The summed E-state index contributed by atoms with van der Waals surface area (Å²) in [4.78, 5) is 0. The van der Waals surface area contributed by atoms with E-state index >= 15 is 0 Å². The minimum atomic E-state index is 0.229. The van der Waals surface area contributed by atoms with Crippen molar-refractivity contribution in [3.05, 3.63) is 59.6 Å². The maximum atomic E-state index is 6.10. The maximum absolute atomic E-state index is 6.10. The van der Waals surface area contributed by atoms with Crippen molar-refractivity contribution in [2.24, 2.45) is 11.7 Å². The van der Waals surface area contributed by atoms with Gasteiger partial charge >= 0.3 is 0 Å². The van der Waals surface area contributed by atoms with E-state index in [9.17, 15) is 0 Å². The van der Waals surface area contributed by atoms with Crippen LogP contribution in [0.4, 0.5) is 0 Å². The first-order chi connectivity index (χ1) is 10.2. The summed E-state index contributed by atoms with van der Waals surface area (Å²) in [6.45, 7) is 1.97. The molecule has 0 aliphatic carbocycles. The first kappa shape index (κ1) is 13.6. The normalized spacial score (nSPS) is 24.4. The maximum Gasteiger partial charge on any atom is 0.119 e. The molecule has 110 valence electrons. The van der Waals surface area contributed by atoms with E-state index in [0.29, 0.717) is 5.92 Å². The Balaban J connectivity index is 1.85. The second kappa shape index (κ2) is 5.56. The molecule has 0 saturated carbocycles. The summed E-state index contributed by atoms with van der Waals surface area (Å²) in [7, 11) is 1.69. The molecule has 4 heteroatoms. The van der Waals surface area contributed by atoms with E-state index in [0.717, 1.165) is 17.9 Å². The van der Waals surface area contributed by atoms with Crippen molar-refractivity contribution in [3.63, 3.8) is 0 Å². The molecule has 0 amide bonds. The van der Waals surface area contributed by atoms with Gasteiger partial charge in [0.15, 0.2) is 0 Å². The fourth-order valence-electron chi connectivity index (χ4n) is 2.95. The Morgan fingerprint density at radius 1 is 1.33 bits per heavy atom. The molecule has 0 saturated heterocycles. The van der Waals surface area contributed by atoms with Crippen LogP contribution in [0.2, 0.25) is 0 Å². The fraction of sp³-hybridized carbons (Fsp3) is 0.294. The van der Waals surface area contributed by atoms with Crippen LogP contribution in [0.15, 0.2) is 54.0 Å². The highest BCUT2D eigenvalue weighted by Gasteiger charge is 2.33. The minimum absolute atomic E-state index is 0.229. The van der Waals surface area contributed by atoms with E-state index in [4.69, 9.17) is 10.5 Å². The second-order valence-electron chi connectivity index (χ2n) is 5.37. The molecule has 0 bridgehead atoms. The molecular formula is C17H21N3O. The number of fused-ring (bicyclic) bond motifs is 1. The zero-order chi connectivity index (χ0) is 14.8. The third-order valence-corrected chi connectivity index (χ3v) is 4.18. The minimum Gasteiger partial charge on any atom is -0.497 e. The fourth-order valence-corrected chi connectivity index (χ4v) is 2.95. The van der Waals surface area contributed by atoms with E-state index < -0.39 is 0 Å². The number of allylic oxidation sites excluding steroid dienone is 3. The molecule has 1 aromatic rings. The molecule has 4 N–H and O–H groups in total. The Hall–Kier alpha value is -2.36. The Morgan fingerprint density at radius 3 is 2.90 bits per heavy atom. The summed E-state index contributed by atoms with van der Waals surface area (Å²) in [5, 5.41) is 6.78. The van der Waals surface area contributed by atoms with Crippen LogP contribution in [-0.4, -0.2) is 13.3 Å². The van der Waals surface area contributed by atoms with E-state index in [2.05, 4.69) is 29.0 Å². The average molecular weight is 283 g/mol. The molecule has 0 radical (unpaired) electrons. The lowest BCUT2D eigenvalue weighted by Gasteiger charge is -2.29. The van der Waals surface area contributed by atoms with Crippen LogP contribution >= 0.6 is 0 Å². The van der Waals surface area contributed by atoms with Gasteiger partial charge in [-0.3, -0.25) is 0 Å². The lowest BCUT2D eigenvalue weighted by Crippen LogP contribution is -2.42. The summed E-state index contributed by atoms with van der Waals surface area (Å²) in [6, 6.07) is 8.16. The van der Waals surface area contributed by atoms with Crippen LogP contribution < -0.4 is 21.1 Å². The summed E-state index contributed by atoms with van der Waals surface area (Å²) < 4.78 is 5.31. The molecule has 2 atom stereocenters. The van der Waals surface area contributed by atoms with E-state index in [1.165, 1.54) is 16.7 Å². The Morgan fingerprint density at radius 2 is 2.14 bits per heavy atom. The number of rotatable bonds is 3. The quantitative estimate of drug-likeness (QED) is 0.797. The van der Waals surface area contributed by atoms with Crippen LogP contribution in [0.25, 0.3) is 5.57 Å². The number of nitrogens with one attached hydrogen (secondary N) is 2. The molecule has 2 unspecified atom stereocenters. The predicted molar refractivity (Wildman–Crippen MR) is 85.2 cm³/mol. The van der Waals surface area contributed by atoms with Crippen LogP contribution in [0.1, 0.15) is 18.9 Å². The molecule has 2 heterocycles. The zero-order valence-corrected chi connectivity index (χ0v) is 12.4.